The Labute approximate surface area is 139 Å². The number of nitrogens with zero attached hydrogens (tertiary/aromatic N) is 2. The number of halogens is 1. The third kappa shape index (κ3) is 3.49. The topological polar surface area (TPSA) is 46.4 Å². The zero-order valence-electron chi connectivity index (χ0n) is 12.2. The molecule has 0 fully saturated rings. The monoisotopic (exact) mass is 323 g/mol. The first-order valence-corrected chi connectivity index (χ1v) is 7.44. The Hall–Kier alpha value is -2.85. The Morgan fingerprint density at radius 3 is 2.52 bits per heavy atom. The van der Waals surface area contributed by atoms with Crippen molar-refractivity contribution in [3.63, 3.8) is 0 Å². The van der Waals surface area contributed by atoms with Crippen LogP contribution in [-0.4, -0.2) is 16.7 Å². The van der Waals surface area contributed by atoms with Gasteiger partial charge in [-0.2, -0.15) is 5.10 Å². The van der Waals surface area contributed by atoms with Crippen LogP contribution < -0.4 is 5.43 Å². The fourth-order valence-corrected chi connectivity index (χ4v) is 2.41. The van der Waals surface area contributed by atoms with Crippen LogP contribution in [0.4, 0.5) is 0 Å². The molecule has 0 bridgehead atoms. The minimum Gasteiger partial charge on any atom is -0.316 e. The lowest BCUT2D eigenvalue weighted by Gasteiger charge is -2.05. The van der Waals surface area contributed by atoms with Gasteiger partial charge >= 0.3 is 0 Å². The van der Waals surface area contributed by atoms with Crippen molar-refractivity contribution >= 4 is 23.7 Å². The summed E-state index contributed by atoms with van der Waals surface area (Å²) in [7, 11) is 0. The summed E-state index contributed by atoms with van der Waals surface area (Å²) in [6.07, 6.45) is 3.54. The molecule has 0 radical (unpaired) electrons. The van der Waals surface area contributed by atoms with Crippen LogP contribution in [-0.2, 0) is 0 Å². The van der Waals surface area contributed by atoms with E-state index in [9.17, 15) is 4.79 Å². The van der Waals surface area contributed by atoms with Crippen molar-refractivity contribution in [1.82, 2.24) is 9.99 Å². The number of hydrazone groups is 1. The smallest absolute Gasteiger partial charge is 0.272 e. The highest BCUT2D eigenvalue weighted by Crippen LogP contribution is 2.14. The predicted octanol–water partition coefficient (Wildman–Crippen LogP) is 3.89. The molecule has 1 N–H and O–H groups in total. The van der Waals surface area contributed by atoms with Crippen molar-refractivity contribution in [2.24, 2.45) is 5.10 Å². The highest BCUT2D eigenvalue weighted by Gasteiger charge is 2.08. The molecular weight excluding hydrogens is 310 g/mol. The van der Waals surface area contributed by atoms with Gasteiger partial charge in [-0.15, -0.1) is 0 Å². The largest absolute Gasteiger partial charge is 0.316 e. The summed E-state index contributed by atoms with van der Waals surface area (Å²) in [4.78, 5) is 12.0. The van der Waals surface area contributed by atoms with Gasteiger partial charge in [0.2, 0.25) is 0 Å². The lowest BCUT2D eigenvalue weighted by atomic mass is 10.2. The Balaban J connectivity index is 1.74. The normalized spacial score (nSPS) is 10.8. The molecule has 0 aliphatic heterocycles. The van der Waals surface area contributed by atoms with Gasteiger partial charge in [0.25, 0.3) is 5.91 Å². The molecule has 23 heavy (non-hydrogen) atoms. The molecule has 114 valence electrons. The van der Waals surface area contributed by atoms with Crippen LogP contribution >= 0.6 is 11.6 Å². The van der Waals surface area contributed by atoms with Crippen LogP contribution in [0, 0.1) is 0 Å². The van der Waals surface area contributed by atoms with Gasteiger partial charge in [0.15, 0.2) is 0 Å². The van der Waals surface area contributed by atoms with E-state index in [1.54, 1.807) is 30.5 Å². The first kappa shape index (κ1) is 15.1. The number of hydrogen-bond donors (Lipinski definition) is 1. The Kier molecular flexibility index (Phi) is 4.54. The Morgan fingerprint density at radius 2 is 1.74 bits per heavy atom. The third-order valence-electron chi connectivity index (χ3n) is 3.30. The molecule has 1 aromatic heterocycles. The molecule has 0 unspecified atom stereocenters. The molecule has 0 spiro atoms. The van der Waals surface area contributed by atoms with E-state index in [1.165, 1.54) is 0 Å². The molecule has 0 aliphatic rings. The van der Waals surface area contributed by atoms with E-state index in [1.807, 2.05) is 53.2 Å². The maximum atomic E-state index is 12.0. The second-order valence-corrected chi connectivity index (χ2v) is 5.22. The van der Waals surface area contributed by atoms with Gasteiger partial charge in [-0.05, 0) is 36.4 Å². The number of aromatic nitrogens is 1. The summed E-state index contributed by atoms with van der Waals surface area (Å²) in [5, 5.41) is 4.41. The summed E-state index contributed by atoms with van der Waals surface area (Å²) in [5.41, 5.74) is 4.76. The number of nitrogens with one attached hydrogen (secondary N) is 1. The number of carbonyl (C=O) groups excluding carboxylic acids is 1. The number of carbonyl (C=O) groups is 1. The van der Waals surface area contributed by atoms with Crippen LogP contribution in [0.15, 0.2) is 78.0 Å². The van der Waals surface area contributed by atoms with E-state index < -0.39 is 0 Å². The van der Waals surface area contributed by atoms with Gasteiger partial charge in [0.1, 0.15) is 0 Å². The fraction of sp³-hybridized carbons (Fsp3) is 0. The molecular formula is C18H14ClN3O. The van der Waals surface area contributed by atoms with Gasteiger partial charge < -0.3 is 4.57 Å². The van der Waals surface area contributed by atoms with Crippen LogP contribution in [0.2, 0.25) is 5.02 Å². The number of benzene rings is 2. The molecule has 4 nitrogen and oxygen atoms in total. The van der Waals surface area contributed by atoms with Crippen molar-refractivity contribution in [1.29, 1.82) is 0 Å². The lowest BCUT2D eigenvalue weighted by molar-refractivity contribution is 0.0955. The standard InChI is InChI=1S/C18H14ClN3O/c19-17-11-5-4-10-16(17)18(23)21-20-13-15-9-6-12-22(15)14-7-2-1-3-8-14/h1-13H,(H,21,23)/b20-13-. The summed E-state index contributed by atoms with van der Waals surface area (Å²) in [6.45, 7) is 0. The third-order valence-corrected chi connectivity index (χ3v) is 3.63. The minimum atomic E-state index is -0.343. The molecule has 0 aliphatic carbocycles. The molecule has 1 heterocycles. The lowest BCUT2D eigenvalue weighted by Crippen LogP contribution is -2.18. The summed E-state index contributed by atoms with van der Waals surface area (Å²) < 4.78 is 1.98. The first-order chi connectivity index (χ1) is 11.3. The average Bonchev–Trinajstić information content (AvgIpc) is 3.04. The van der Waals surface area contributed by atoms with Crippen molar-refractivity contribution in [2.45, 2.75) is 0 Å². The molecule has 2 aromatic carbocycles. The van der Waals surface area contributed by atoms with Gasteiger partial charge in [-0.25, -0.2) is 5.43 Å². The van der Waals surface area contributed by atoms with Gasteiger partial charge in [-0.3, -0.25) is 4.79 Å². The minimum absolute atomic E-state index is 0.343. The Bertz CT molecular complexity index is 840. The van der Waals surface area contributed by atoms with Crippen LogP contribution in [0.1, 0.15) is 16.1 Å². The number of rotatable bonds is 4. The van der Waals surface area contributed by atoms with Crippen LogP contribution in [0.5, 0.6) is 0 Å². The quantitative estimate of drug-likeness (QED) is 0.574. The van der Waals surface area contributed by atoms with Crippen molar-refractivity contribution in [3.8, 4) is 5.69 Å². The molecule has 3 aromatic rings. The van der Waals surface area contributed by atoms with E-state index in [0.29, 0.717) is 10.6 Å². The summed E-state index contributed by atoms with van der Waals surface area (Å²) in [5.74, 6) is -0.343. The van der Waals surface area contributed by atoms with Crippen molar-refractivity contribution < 1.29 is 4.79 Å². The van der Waals surface area contributed by atoms with E-state index in [4.69, 9.17) is 11.6 Å². The molecule has 1 amide bonds. The Morgan fingerprint density at radius 1 is 1.00 bits per heavy atom. The van der Waals surface area contributed by atoms with E-state index in [2.05, 4.69) is 10.5 Å². The zero-order chi connectivity index (χ0) is 16.1. The fourth-order valence-electron chi connectivity index (χ4n) is 2.19. The van der Waals surface area contributed by atoms with Crippen molar-refractivity contribution in [2.75, 3.05) is 0 Å². The average molecular weight is 324 g/mol. The molecule has 3 rings (SSSR count). The second-order valence-electron chi connectivity index (χ2n) is 4.82. The first-order valence-electron chi connectivity index (χ1n) is 7.06. The van der Waals surface area contributed by atoms with E-state index in [0.717, 1.165) is 11.4 Å². The number of hydrogen-bond acceptors (Lipinski definition) is 2. The zero-order valence-corrected chi connectivity index (χ0v) is 12.9. The number of amides is 1. The molecule has 5 heteroatoms. The van der Waals surface area contributed by atoms with Gasteiger partial charge in [-0.1, -0.05) is 41.9 Å². The number of para-hydroxylation sites is 1. The maximum absolute atomic E-state index is 12.0. The predicted molar refractivity (Wildman–Crippen MR) is 92.3 cm³/mol. The van der Waals surface area contributed by atoms with Crippen LogP contribution in [0.3, 0.4) is 0 Å². The second kappa shape index (κ2) is 6.94. The molecule has 0 saturated heterocycles. The molecule has 0 atom stereocenters. The van der Waals surface area contributed by atoms with E-state index >= 15 is 0 Å². The molecule has 0 saturated carbocycles. The van der Waals surface area contributed by atoms with Gasteiger partial charge in [0.05, 0.1) is 22.5 Å². The van der Waals surface area contributed by atoms with Crippen molar-refractivity contribution in [3.05, 3.63) is 89.2 Å². The SMILES string of the molecule is O=C(N/N=C\c1cccn1-c1ccccc1)c1ccccc1Cl. The highest BCUT2D eigenvalue weighted by atomic mass is 35.5. The van der Waals surface area contributed by atoms with E-state index in [-0.39, 0.29) is 5.91 Å². The highest BCUT2D eigenvalue weighted by molar-refractivity contribution is 6.33. The summed E-state index contributed by atoms with van der Waals surface area (Å²) >= 11 is 5.99. The maximum Gasteiger partial charge on any atom is 0.272 e. The van der Waals surface area contributed by atoms with Gasteiger partial charge in [0, 0.05) is 11.9 Å². The summed E-state index contributed by atoms with van der Waals surface area (Å²) in [6, 6.07) is 20.6. The van der Waals surface area contributed by atoms with Crippen LogP contribution in [0.25, 0.3) is 5.69 Å².